The molecule has 31 nitrogen and oxygen atoms in total. The number of phenols is 1. The van der Waals surface area contributed by atoms with Gasteiger partial charge in [0.2, 0.25) is 0 Å². The maximum atomic E-state index is 12.8. The summed E-state index contributed by atoms with van der Waals surface area (Å²) in [5, 5.41) is 33.7. The van der Waals surface area contributed by atoms with Crippen LogP contribution in [-0.2, 0) is 79.2 Å². The lowest BCUT2D eigenvalue weighted by molar-refractivity contribution is 0.282. The number of fused-ring (bicyclic) bond motifs is 1. The number of aromatic hydroxyl groups is 1. The van der Waals surface area contributed by atoms with E-state index in [0.29, 0.717) is 18.2 Å². The van der Waals surface area contributed by atoms with E-state index in [9.17, 15) is 77.7 Å². The molecule has 5 aromatic rings. The topological polar surface area (TPSA) is 497 Å². The molecule has 0 fully saturated rings. The van der Waals surface area contributed by atoms with Crippen molar-refractivity contribution in [1.29, 1.82) is 0 Å². The van der Waals surface area contributed by atoms with Crippen LogP contribution in [0.25, 0.3) is 10.8 Å². The highest BCUT2D eigenvalue weighted by atomic mass is 32.3. The Hall–Kier alpha value is -6.27. The van der Waals surface area contributed by atoms with Crippen LogP contribution >= 0.6 is 0 Å². The predicted octanol–water partition coefficient (Wildman–Crippen LogP) is 4.32. The molecule has 5 aromatic carbocycles. The molecule has 0 unspecified atom stereocenters. The monoisotopic (exact) mass is 1150 g/mol. The molecule has 0 aromatic heterocycles. The van der Waals surface area contributed by atoms with Gasteiger partial charge in [-0.05, 0) is 54.6 Å². The van der Waals surface area contributed by atoms with Gasteiger partial charge in [0.15, 0.2) is 25.4 Å². The van der Waals surface area contributed by atoms with Gasteiger partial charge in [0, 0.05) is 22.9 Å². The van der Waals surface area contributed by atoms with Gasteiger partial charge in [-0.15, -0.1) is 30.7 Å². The maximum absolute atomic E-state index is 12.8. The molecule has 38 heteroatoms. The standard InChI is InChI=1S/C34H33N7O24S7/c1-62-27-17-26(28(63-2)16-25(27)38-36-23-7-3-18(13-29(23)68(47,48)49)66(43,44)11-9-64-71(56,57)58)39-41-33-31(70(53,54)55)15-21-20(34(33)42)5-6-22(35)32(21)40-37-24-8-4-19(14-30(24)69(50,51)52)67(45,46)12-10-65-72(59,60)61/h3-8,13-17,42H,9-12,35H2,1-2H3,(H,47,48,49)(H,50,51,52)(H,53,54,55)(H,56,57,58)(H,59,60,61)/b38-36+,40-37+,41-39+. The average Bonchev–Trinajstić information content (AvgIpc) is 3.25. The van der Waals surface area contributed by atoms with Gasteiger partial charge in [-0.25, -0.2) is 25.2 Å². The van der Waals surface area contributed by atoms with E-state index in [0.717, 1.165) is 62.8 Å². The maximum Gasteiger partial charge on any atom is 0.397 e. The van der Waals surface area contributed by atoms with E-state index in [1.54, 1.807) is 0 Å². The fourth-order valence-corrected chi connectivity index (χ4v) is 11.0. The highest BCUT2D eigenvalue weighted by Gasteiger charge is 2.27. The molecule has 0 spiro atoms. The zero-order valence-corrected chi connectivity index (χ0v) is 41.5. The molecule has 0 amide bonds. The first-order chi connectivity index (χ1) is 33.1. The van der Waals surface area contributed by atoms with Crippen molar-refractivity contribution in [2.24, 2.45) is 30.7 Å². The quantitative estimate of drug-likeness (QED) is 0.0305. The van der Waals surface area contributed by atoms with Crippen molar-refractivity contribution in [1.82, 2.24) is 0 Å². The van der Waals surface area contributed by atoms with Crippen LogP contribution < -0.4 is 15.2 Å². The lowest BCUT2D eigenvalue weighted by Crippen LogP contribution is -2.16. The van der Waals surface area contributed by atoms with E-state index in [1.807, 2.05) is 0 Å². The van der Waals surface area contributed by atoms with Gasteiger partial charge >= 0.3 is 20.8 Å². The summed E-state index contributed by atoms with van der Waals surface area (Å²) < 4.78 is 235. The largest absolute Gasteiger partial charge is 0.505 e. The van der Waals surface area contributed by atoms with E-state index < -0.39 is 149 Å². The minimum atomic E-state index is -5.38. The predicted molar refractivity (Wildman–Crippen MR) is 244 cm³/mol. The Morgan fingerprint density at radius 1 is 0.458 bits per heavy atom. The summed E-state index contributed by atoms with van der Waals surface area (Å²) in [4.78, 5) is -4.91. The van der Waals surface area contributed by atoms with Crippen molar-refractivity contribution < 1.29 is 105 Å². The molecule has 5 rings (SSSR count). The van der Waals surface area contributed by atoms with Crippen LogP contribution in [0.2, 0.25) is 0 Å². The lowest BCUT2D eigenvalue weighted by Gasteiger charge is -2.12. The number of hydrogen-bond donors (Lipinski definition) is 7. The molecule has 390 valence electrons. The summed E-state index contributed by atoms with van der Waals surface area (Å²) in [6.07, 6.45) is 0. The normalized spacial score (nSPS) is 13.4. The number of azo groups is 3. The SMILES string of the molecule is COc1cc(/N=N/c2c(S(=O)(=O)O)cc3c(/N=N/c4ccc(S(=O)(=O)CCOS(=O)(=O)O)cc4S(=O)(=O)O)c(N)ccc3c2O)c(OC)cc1/N=N/c1ccc(S(=O)(=O)CCOS(=O)(=O)O)cc1S(=O)(=O)O. The van der Waals surface area contributed by atoms with Crippen LogP contribution in [0, 0.1) is 0 Å². The minimum absolute atomic E-state index is 0.234. The molecule has 0 saturated carbocycles. The molecule has 0 aliphatic rings. The molecule has 0 radical (unpaired) electrons. The number of sulfone groups is 2. The summed E-state index contributed by atoms with van der Waals surface area (Å²) in [5.74, 6) is -3.63. The highest BCUT2D eigenvalue weighted by Crippen LogP contribution is 2.47. The van der Waals surface area contributed by atoms with Gasteiger partial charge in [0.1, 0.15) is 60.3 Å². The average molecular weight is 1150 g/mol. The third-order valence-corrected chi connectivity index (χ3v) is 16.0. The fraction of sp³-hybridized carbons (Fsp3) is 0.176. The Bertz CT molecular complexity index is 3930. The lowest BCUT2D eigenvalue weighted by atomic mass is 10.1. The number of rotatable bonds is 21. The third kappa shape index (κ3) is 14.0. The first-order valence-electron chi connectivity index (χ1n) is 18.6. The Labute approximate surface area is 407 Å². The zero-order chi connectivity index (χ0) is 54.0. The number of nitrogen functional groups attached to an aromatic ring is 1. The Morgan fingerprint density at radius 2 is 0.847 bits per heavy atom. The molecule has 0 aliphatic carbocycles. The van der Waals surface area contributed by atoms with E-state index in [4.69, 9.17) is 24.3 Å². The van der Waals surface area contributed by atoms with Gasteiger partial charge < -0.3 is 20.3 Å². The Kier molecular flexibility index (Phi) is 16.6. The highest BCUT2D eigenvalue weighted by molar-refractivity contribution is 7.92. The molecule has 0 aliphatic heterocycles. The number of anilines is 1. The number of hydrogen-bond acceptors (Lipinski definition) is 26. The second-order valence-corrected chi connectivity index (χ2v) is 24.4. The van der Waals surface area contributed by atoms with Crippen molar-refractivity contribution in [3.05, 3.63) is 66.7 Å². The van der Waals surface area contributed by atoms with E-state index in [2.05, 4.69) is 39.1 Å². The third-order valence-electron chi connectivity index (χ3n) is 9.08. The van der Waals surface area contributed by atoms with Crippen molar-refractivity contribution in [3.63, 3.8) is 0 Å². The van der Waals surface area contributed by atoms with Crippen LogP contribution in [0.15, 0.2) is 122 Å². The van der Waals surface area contributed by atoms with Gasteiger partial charge in [-0.2, -0.15) is 42.1 Å². The Morgan fingerprint density at radius 3 is 1.25 bits per heavy atom. The summed E-state index contributed by atoms with van der Waals surface area (Å²) in [7, 11) is -32.8. The molecule has 8 N–H and O–H groups in total. The van der Waals surface area contributed by atoms with Gasteiger partial charge in [0.25, 0.3) is 30.4 Å². The number of benzene rings is 5. The molecular weight excluding hydrogens is 1110 g/mol. The van der Waals surface area contributed by atoms with E-state index in [1.165, 1.54) is 0 Å². The molecule has 72 heavy (non-hydrogen) atoms. The molecule has 0 bridgehead atoms. The summed E-state index contributed by atoms with van der Waals surface area (Å²) in [5.41, 5.74) is 2.42. The number of methoxy groups -OCH3 is 2. The van der Waals surface area contributed by atoms with Crippen molar-refractivity contribution in [2.75, 3.05) is 44.7 Å². The summed E-state index contributed by atoms with van der Waals surface area (Å²) in [6, 6.07) is 9.19. The van der Waals surface area contributed by atoms with Crippen LogP contribution in [0.4, 0.5) is 39.8 Å². The van der Waals surface area contributed by atoms with Crippen LogP contribution in [0.1, 0.15) is 0 Å². The fourth-order valence-electron chi connectivity index (χ4n) is 5.85. The van der Waals surface area contributed by atoms with Crippen LogP contribution in [-0.4, -0.2) is 126 Å². The van der Waals surface area contributed by atoms with Crippen molar-refractivity contribution in [2.45, 2.75) is 24.5 Å². The summed E-state index contributed by atoms with van der Waals surface area (Å²) >= 11 is 0. The van der Waals surface area contributed by atoms with Gasteiger partial charge in [-0.3, -0.25) is 22.8 Å². The van der Waals surface area contributed by atoms with Gasteiger partial charge in [0.05, 0.1) is 54.4 Å². The molecule has 0 saturated heterocycles. The zero-order valence-electron chi connectivity index (χ0n) is 35.8. The van der Waals surface area contributed by atoms with Crippen LogP contribution in [0.5, 0.6) is 17.2 Å². The molecule has 0 heterocycles. The number of ether oxygens (including phenoxy) is 2. The summed E-state index contributed by atoms with van der Waals surface area (Å²) in [6.45, 7) is -2.15. The van der Waals surface area contributed by atoms with Gasteiger partial charge in [-0.1, -0.05) is 0 Å². The molecule has 0 atom stereocenters. The second kappa shape index (κ2) is 21.1. The first kappa shape index (κ1) is 56.6. The Balaban J connectivity index is 1.55. The smallest absolute Gasteiger partial charge is 0.397 e. The minimum Gasteiger partial charge on any atom is -0.505 e. The first-order valence-corrected chi connectivity index (χ1v) is 28.9. The number of phenolic OH excluding ortho intramolecular Hbond substituents is 1. The second-order valence-electron chi connectivity index (χ2n) is 13.8. The van der Waals surface area contributed by atoms with Crippen molar-refractivity contribution in [3.8, 4) is 17.2 Å². The van der Waals surface area contributed by atoms with Crippen molar-refractivity contribution >= 4 is 121 Å². The van der Waals surface area contributed by atoms with E-state index in [-0.39, 0.29) is 39.3 Å². The van der Waals surface area contributed by atoms with E-state index >= 15 is 0 Å². The molecular formula is C34H33N7O24S7. The number of nitrogens with zero attached hydrogens (tertiary/aromatic N) is 6. The number of nitrogens with two attached hydrogens (primary N) is 1. The van der Waals surface area contributed by atoms with Crippen LogP contribution in [0.3, 0.4) is 0 Å².